The molecule has 1 aromatic carbocycles. The van der Waals surface area contributed by atoms with Crippen molar-refractivity contribution in [1.82, 2.24) is 0 Å². The highest BCUT2D eigenvalue weighted by molar-refractivity contribution is 7.12. The van der Waals surface area contributed by atoms with Gasteiger partial charge < -0.3 is 0 Å². The highest BCUT2D eigenvalue weighted by Crippen LogP contribution is 2.37. The van der Waals surface area contributed by atoms with E-state index < -0.39 is 11.7 Å². The van der Waals surface area contributed by atoms with E-state index in [1.165, 1.54) is 29.0 Å². The maximum atomic E-state index is 12.5. The van der Waals surface area contributed by atoms with Crippen molar-refractivity contribution in [2.24, 2.45) is 0 Å². The summed E-state index contributed by atoms with van der Waals surface area (Å²) in [5, 5.41) is -0.169. The molecular weight excluding hydrogens is 317 g/mol. The lowest BCUT2D eigenvalue weighted by Crippen LogP contribution is -2.04. The Morgan fingerprint density at radius 2 is 1.86 bits per heavy atom. The minimum absolute atomic E-state index is 0.169. The van der Waals surface area contributed by atoms with Gasteiger partial charge in [0.1, 0.15) is 0 Å². The minimum Gasteiger partial charge on any atom is -0.166 e. The van der Waals surface area contributed by atoms with Gasteiger partial charge in [0.05, 0.1) is 10.9 Å². The Hall–Kier alpha value is -1.00. The predicted molar refractivity (Wildman–Crippen MR) is 80.1 cm³/mol. The molecule has 0 nitrogen and oxygen atoms in total. The lowest BCUT2D eigenvalue weighted by atomic mass is 10.1. The molecule has 0 spiro atoms. The summed E-state index contributed by atoms with van der Waals surface area (Å²) in [5.41, 5.74) is 1.61. The monoisotopic (exact) mass is 330 g/mol. The Labute approximate surface area is 130 Å². The Balaban J connectivity index is 1.70. The van der Waals surface area contributed by atoms with E-state index in [1.807, 2.05) is 0 Å². The van der Waals surface area contributed by atoms with Crippen LogP contribution in [0.3, 0.4) is 0 Å². The fourth-order valence-electron chi connectivity index (χ4n) is 2.64. The summed E-state index contributed by atoms with van der Waals surface area (Å²) in [6, 6.07) is 7.43. The maximum absolute atomic E-state index is 12.5. The summed E-state index contributed by atoms with van der Waals surface area (Å²) in [6.45, 7) is 0. The lowest BCUT2D eigenvalue weighted by Gasteiger charge is -2.10. The molecule has 0 fully saturated rings. The highest BCUT2D eigenvalue weighted by atomic mass is 35.5. The molecule has 1 unspecified atom stereocenters. The van der Waals surface area contributed by atoms with Crippen molar-refractivity contribution in [3.05, 3.63) is 56.8 Å². The molecule has 112 valence electrons. The van der Waals surface area contributed by atoms with Crippen LogP contribution < -0.4 is 0 Å². The largest absolute Gasteiger partial charge is 0.416 e. The molecule has 1 aliphatic rings. The van der Waals surface area contributed by atoms with Gasteiger partial charge in [0, 0.05) is 9.75 Å². The van der Waals surface area contributed by atoms with Crippen LogP contribution in [0.15, 0.2) is 30.3 Å². The summed E-state index contributed by atoms with van der Waals surface area (Å²) < 4.78 is 37.5. The van der Waals surface area contributed by atoms with E-state index in [4.69, 9.17) is 11.6 Å². The van der Waals surface area contributed by atoms with Gasteiger partial charge in [-0.1, -0.05) is 12.1 Å². The quantitative estimate of drug-likeness (QED) is 0.626. The van der Waals surface area contributed by atoms with Crippen LogP contribution in [-0.4, -0.2) is 0 Å². The van der Waals surface area contributed by atoms with Gasteiger partial charge in [-0.3, -0.25) is 0 Å². The first-order valence-corrected chi connectivity index (χ1v) is 8.10. The molecule has 0 N–H and O–H groups in total. The van der Waals surface area contributed by atoms with Gasteiger partial charge in [-0.05, 0) is 55.0 Å². The van der Waals surface area contributed by atoms with Gasteiger partial charge in [-0.15, -0.1) is 22.9 Å². The number of benzene rings is 1. The number of hydrogen-bond donors (Lipinski definition) is 0. The van der Waals surface area contributed by atoms with Crippen LogP contribution in [0.4, 0.5) is 13.2 Å². The molecule has 0 saturated heterocycles. The molecule has 2 aromatic rings. The topological polar surface area (TPSA) is 0 Å². The fourth-order valence-corrected chi connectivity index (χ4v) is 4.25. The molecule has 0 amide bonds. The molecule has 1 atom stereocenters. The first-order chi connectivity index (χ1) is 9.93. The minimum atomic E-state index is -4.28. The lowest BCUT2D eigenvalue weighted by molar-refractivity contribution is -0.137. The molecule has 1 aliphatic carbocycles. The number of fused-ring (bicyclic) bond motifs is 1. The smallest absolute Gasteiger partial charge is 0.166 e. The van der Waals surface area contributed by atoms with E-state index in [1.54, 1.807) is 11.3 Å². The Morgan fingerprint density at radius 3 is 2.48 bits per heavy atom. The van der Waals surface area contributed by atoms with Crippen molar-refractivity contribution in [2.75, 3.05) is 0 Å². The van der Waals surface area contributed by atoms with Gasteiger partial charge in [-0.2, -0.15) is 13.2 Å². The van der Waals surface area contributed by atoms with E-state index in [0.717, 1.165) is 35.4 Å². The van der Waals surface area contributed by atoms with Crippen LogP contribution in [0.2, 0.25) is 0 Å². The van der Waals surface area contributed by atoms with Crippen molar-refractivity contribution in [2.45, 2.75) is 37.2 Å². The van der Waals surface area contributed by atoms with Crippen LogP contribution in [0.5, 0.6) is 0 Å². The van der Waals surface area contributed by atoms with Crippen LogP contribution in [0.1, 0.15) is 38.2 Å². The number of alkyl halides is 4. The Kier molecular flexibility index (Phi) is 4.02. The first kappa shape index (κ1) is 14.9. The molecule has 1 heterocycles. The SMILES string of the molecule is FC(F)(F)c1ccc(CC(Cl)c2cc3c(s2)CCC3)cc1. The average Bonchev–Trinajstić information content (AvgIpc) is 2.98. The Morgan fingerprint density at radius 1 is 1.14 bits per heavy atom. The summed E-state index contributed by atoms with van der Waals surface area (Å²) in [5.74, 6) is 0. The van der Waals surface area contributed by atoms with Crippen molar-refractivity contribution >= 4 is 22.9 Å². The third-order valence-electron chi connectivity index (χ3n) is 3.77. The Bertz CT molecular complexity index is 606. The zero-order valence-electron chi connectivity index (χ0n) is 11.2. The summed E-state index contributed by atoms with van der Waals surface area (Å²) in [7, 11) is 0. The molecule has 5 heteroatoms. The summed E-state index contributed by atoms with van der Waals surface area (Å²) in [6.07, 6.45) is -0.264. The second-order valence-electron chi connectivity index (χ2n) is 5.32. The molecule has 0 saturated carbocycles. The average molecular weight is 331 g/mol. The van der Waals surface area contributed by atoms with Crippen molar-refractivity contribution in [3.8, 4) is 0 Å². The van der Waals surface area contributed by atoms with Gasteiger partial charge in [0.15, 0.2) is 0 Å². The summed E-state index contributed by atoms with van der Waals surface area (Å²) >= 11 is 8.17. The van der Waals surface area contributed by atoms with E-state index in [0.29, 0.717) is 6.42 Å². The van der Waals surface area contributed by atoms with Crippen molar-refractivity contribution in [3.63, 3.8) is 0 Å². The second kappa shape index (κ2) is 5.65. The predicted octanol–water partition coefficient (Wildman–Crippen LogP) is 5.78. The van der Waals surface area contributed by atoms with Gasteiger partial charge >= 0.3 is 6.18 Å². The van der Waals surface area contributed by atoms with Gasteiger partial charge in [0.25, 0.3) is 0 Å². The van der Waals surface area contributed by atoms with Gasteiger partial charge in [0.2, 0.25) is 0 Å². The first-order valence-electron chi connectivity index (χ1n) is 6.85. The fraction of sp³-hybridized carbons (Fsp3) is 0.375. The van der Waals surface area contributed by atoms with E-state index in [-0.39, 0.29) is 5.38 Å². The van der Waals surface area contributed by atoms with Crippen LogP contribution >= 0.6 is 22.9 Å². The normalized spacial score (nSPS) is 16.0. The van der Waals surface area contributed by atoms with E-state index in [9.17, 15) is 13.2 Å². The standard InChI is InChI=1S/C16H14ClF3S/c17-13(15-9-11-2-1-3-14(11)21-15)8-10-4-6-12(7-5-10)16(18,19)20/h4-7,9,13H,1-3,8H2. The van der Waals surface area contributed by atoms with Crippen molar-refractivity contribution in [1.29, 1.82) is 0 Å². The van der Waals surface area contributed by atoms with Gasteiger partial charge in [-0.25, -0.2) is 0 Å². The van der Waals surface area contributed by atoms with Crippen LogP contribution in [0, 0.1) is 0 Å². The number of thiophene rings is 1. The highest BCUT2D eigenvalue weighted by Gasteiger charge is 2.30. The summed E-state index contributed by atoms with van der Waals surface area (Å²) in [4.78, 5) is 2.55. The van der Waals surface area contributed by atoms with E-state index in [2.05, 4.69) is 6.07 Å². The maximum Gasteiger partial charge on any atom is 0.416 e. The van der Waals surface area contributed by atoms with E-state index >= 15 is 0 Å². The number of halogens is 4. The number of hydrogen-bond acceptors (Lipinski definition) is 1. The second-order valence-corrected chi connectivity index (χ2v) is 7.01. The third kappa shape index (κ3) is 3.27. The van der Waals surface area contributed by atoms with Crippen molar-refractivity contribution < 1.29 is 13.2 Å². The molecule has 3 rings (SSSR count). The molecule has 0 bridgehead atoms. The zero-order chi connectivity index (χ0) is 15.0. The molecular formula is C16H14ClF3S. The molecule has 1 aromatic heterocycles. The van der Waals surface area contributed by atoms with Crippen LogP contribution in [-0.2, 0) is 25.4 Å². The number of rotatable bonds is 3. The molecule has 0 aliphatic heterocycles. The number of aryl methyl sites for hydroxylation is 2. The molecule has 21 heavy (non-hydrogen) atoms. The zero-order valence-corrected chi connectivity index (χ0v) is 12.8. The third-order valence-corrected chi connectivity index (χ3v) is 5.64. The van der Waals surface area contributed by atoms with Crippen LogP contribution in [0.25, 0.3) is 0 Å². The molecule has 0 radical (unpaired) electrons.